The first-order chi connectivity index (χ1) is 26.2. The second-order valence-corrected chi connectivity index (χ2v) is 13.3. The van der Waals surface area contributed by atoms with Crippen LogP contribution in [-0.2, 0) is 0 Å². The van der Waals surface area contributed by atoms with E-state index in [0.29, 0.717) is 0 Å². The van der Waals surface area contributed by atoms with Crippen molar-refractivity contribution in [1.29, 1.82) is 0 Å². The SMILES string of the molecule is C=Cc1c(/C=C\C)n(-c2cccc3c2oc2ccccc23)c2ccc(-c3ccc(N(c4ccccc4)c4ccc5c(c4)oc4ccccc45)cc3)cc12. The predicted octanol–water partition coefficient (Wildman–Crippen LogP) is 14.2. The second kappa shape index (κ2) is 12.3. The number of para-hydroxylation sites is 4. The zero-order valence-corrected chi connectivity index (χ0v) is 29.2. The molecule has 0 atom stereocenters. The van der Waals surface area contributed by atoms with Crippen LogP contribution < -0.4 is 4.90 Å². The molecule has 7 aromatic carbocycles. The van der Waals surface area contributed by atoms with Crippen LogP contribution in [0.15, 0.2) is 179 Å². The van der Waals surface area contributed by atoms with Gasteiger partial charge in [-0.05, 0) is 90.9 Å². The third-order valence-electron chi connectivity index (χ3n) is 10.3. The summed E-state index contributed by atoms with van der Waals surface area (Å²) in [4.78, 5) is 2.28. The summed E-state index contributed by atoms with van der Waals surface area (Å²) in [5.41, 5.74) is 13.2. The molecule has 0 radical (unpaired) electrons. The van der Waals surface area contributed by atoms with E-state index in [0.717, 1.165) is 99.9 Å². The van der Waals surface area contributed by atoms with E-state index in [2.05, 4.69) is 163 Å². The summed E-state index contributed by atoms with van der Waals surface area (Å²) in [5.74, 6) is 0. The Morgan fingerprint density at radius 2 is 1.17 bits per heavy atom. The van der Waals surface area contributed by atoms with Gasteiger partial charge in [0.25, 0.3) is 0 Å². The number of fused-ring (bicyclic) bond motifs is 7. The average Bonchev–Trinajstić information content (AvgIpc) is 3.87. The van der Waals surface area contributed by atoms with Crippen molar-refractivity contribution in [2.45, 2.75) is 6.92 Å². The standard InChI is InChI=1S/C49H34N2O2/c1-3-13-43-37(4-2)42-30-33(24-29-44(42)51(43)45-19-12-18-41-39-17-9-11-21-47(39)53-49(41)45)32-22-25-35(26-23-32)50(34-14-6-5-7-15-34)36-27-28-40-38-16-8-10-20-46(38)52-48(40)31-36/h3-31H,2H2,1H3/b13-3-. The minimum absolute atomic E-state index is 0.869. The van der Waals surface area contributed by atoms with Gasteiger partial charge in [-0.15, -0.1) is 0 Å². The maximum absolute atomic E-state index is 6.51. The van der Waals surface area contributed by atoms with Crippen LogP contribution >= 0.6 is 0 Å². The van der Waals surface area contributed by atoms with E-state index < -0.39 is 0 Å². The molecule has 0 N–H and O–H groups in total. The van der Waals surface area contributed by atoms with Crippen LogP contribution in [0, 0.1) is 0 Å². The highest BCUT2D eigenvalue weighted by Gasteiger charge is 2.20. The average molecular weight is 683 g/mol. The quantitative estimate of drug-likeness (QED) is 0.168. The molecule has 4 heteroatoms. The van der Waals surface area contributed by atoms with Crippen molar-refractivity contribution in [1.82, 2.24) is 4.57 Å². The van der Waals surface area contributed by atoms with Crippen molar-refractivity contribution >= 4 is 84.0 Å². The van der Waals surface area contributed by atoms with Crippen molar-refractivity contribution in [2.75, 3.05) is 4.90 Å². The van der Waals surface area contributed by atoms with Crippen LogP contribution in [0.3, 0.4) is 0 Å². The van der Waals surface area contributed by atoms with Crippen LogP contribution in [0.2, 0.25) is 0 Å². The summed E-state index contributed by atoms with van der Waals surface area (Å²) in [6, 6.07) is 55.3. The van der Waals surface area contributed by atoms with E-state index in [1.807, 2.05) is 36.4 Å². The van der Waals surface area contributed by atoms with Crippen molar-refractivity contribution in [3.8, 4) is 16.8 Å². The van der Waals surface area contributed by atoms with Gasteiger partial charge in [0, 0.05) is 55.6 Å². The maximum Gasteiger partial charge on any atom is 0.159 e. The summed E-state index contributed by atoms with van der Waals surface area (Å²) >= 11 is 0. The van der Waals surface area contributed by atoms with Gasteiger partial charge in [-0.2, -0.15) is 0 Å². The first-order valence-electron chi connectivity index (χ1n) is 17.9. The molecule has 10 aromatic rings. The lowest BCUT2D eigenvalue weighted by molar-refractivity contribution is 0.665. The molecular formula is C49H34N2O2. The largest absolute Gasteiger partial charge is 0.456 e. The van der Waals surface area contributed by atoms with Crippen molar-refractivity contribution in [3.05, 3.63) is 182 Å². The number of rotatable bonds is 7. The molecule has 0 aliphatic rings. The number of hydrogen-bond donors (Lipinski definition) is 0. The van der Waals surface area contributed by atoms with Gasteiger partial charge in [0.2, 0.25) is 0 Å². The van der Waals surface area contributed by atoms with Crippen molar-refractivity contribution in [3.63, 3.8) is 0 Å². The van der Waals surface area contributed by atoms with Gasteiger partial charge < -0.3 is 18.3 Å². The molecule has 0 bridgehead atoms. The van der Waals surface area contributed by atoms with E-state index in [4.69, 9.17) is 8.83 Å². The molecule has 0 amide bonds. The Hall–Kier alpha value is -7.04. The molecule has 3 heterocycles. The van der Waals surface area contributed by atoms with Crippen molar-refractivity contribution < 1.29 is 8.83 Å². The summed E-state index contributed by atoms with van der Waals surface area (Å²) in [7, 11) is 0. The zero-order valence-electron chi connectivity index (χ0n) is 29.2. The molecule has 0 spiro atoms. The number of allylic oxidation sites excluding steroid dienone is 1. The highest BCUT2D eigenvalue weighted by molar-refractivity contribution is 6.09. The third-order valence-corrected chi connectivity index (χ3v) is 10.3. The fourth-order valence-corrected chi connectivity index (χ4v) is 7.90. The number of furan rings is 2. The summed E-state index contributed by atoms with van der Waals surface area (Å²) in [6.07, 6.45) is 6.21. The summed E-state index contributed by atoms with van der Waals surface area (Å²) < 4.78 is 15.1. The van der Waals surface area contributed by atoms with Crippen LogP contribution in [0.4, 0.5) is 17.1 Å². The highest BCUT2D eigenvalue weighted by Crippen LogP contribution is 2.41. The first-order valence-corrected chi connectivity index (χ1v) is 17.9. The Morgan fingerprint density at radius 3 is 1.94 bits per heavy atom. The van der Waals surface area contributed by atoms with Crippen molar-refractivity contribution in [2.24, 2.45) is 0 Å². The molecule has 4 nitrogen and oxygen atoms in total. The topological polar surface area (TPSA) is 34.5 Å². The van der Waals surface area contributed by atoms with Crippen LogP contribution in [0.25, 0.3) is 83.7 Å². The van der Waals surface area contributed by atoms with Gasteiger partial charge in [0.1, 0.15) is 16.7 Å². The zero-order chi connectivity index (χ0) is 35.5. The van der Waals surface area contributed by atoms with Gasteiger partial charge in [-0.3, -0.25) is 0 Å². The van der Waals surface area contributed by atoms with E-state index in [9.17, 15) is 0 Å². The van der Waals surface area contributed by atoms with Gasteiger partial charge in [-0.25, -0.2) is 0 Å². The van der Waals surface area contributed by atoms with E-state index in [1.165, 1.54) is 0 Å². The second-order valence-electron chi connectivity index (χ2n) is 13.3. The van der Waals surface area contributed by atoms with Gasteiger partial charge in [0.05, 0.1) is 16.9 Å². The molecule has 0 aliphatic carbocycles. The van der Waals surface area contributed by atoms with Gasteiger partial charge in [0.15, 0.2) is 5.58 Å². The lowest BCUT2D eigenvalue weighted by atomic mass is 10.0. The number of nitrogens with zero attached hydrogens (tertiary/aromatic N) is 2. The predicted molar refractivity (Wildman–Crippen MR) is 223 cm³/mol. The monoisotopic (exact) mass is 682 g/mol. The summed E-state index contributed by atoms with van der Waals surface area (Å²) in [6.45, 7) is 6.32. The summed E-state index contributed by atoms with van der Waals surface area (Å²) in [5, 5.41) is 5.59. The van der Waals surface area contributed by atoms with Crippen LogP contribution in [0.1, 0.15) is 18.2 Å². The molecule has 252 valence electrons. The van der Waals surface area contributed by atoms with Gasteiger partial charge in [-0.1, -0.05) is 104 Å². The van der Waals surface area contributed by atoms with Crippen LogP contribution in [0.5, 0.6) is 0 Å². The minimum atomic E-state index is 0.869. The number of benzene rings is 7. The molecule has 53 heavy (non-hydrogen) atoms. The Balaban J connectivity index is 1.08. The van der Waals surface area contributed by atoms with Gasteiger partial charge >= 0.3 is 0 Å². The molecule has 3 aromatic heterocycles. The lowest BCUT2D eigenvalue weighted by Crippen LogP contribution is -2.09. The Labute approximate surface area is 306 Å². The molecule has 0 unspecified atom stereocenters. The number of aromatic nitrogens is 1. The third kappa shape index (κ3) is 4.91. The van der Waals surface area contributed by atoms with E-state index >= 15 is 0 Å². The fraction of sp³-hybridized carbons (Fsp3) is 0.0204. The van der Waals surface area contributed by atoms with Crippen LogP contribution in [-0.4, -0.2) is 4.57 Å². The Bertz CT molecular complexity index is 3030. The Kier molecular flexibility index (Phi) is 7.15. The molecule has 0 saturated carbocycles. The lowest BCUT2D eigenvalue weighted by Gasteiger charge is -2.25. The smallest absolute Gasteiger partial charge is 0.159 e. The molecule has 10 rings (SSSR count). The molecule has 0 fully saturated rings. The van der Waals surface area contributed by atoms with E-state index in [1.54, 1.807) is 0 Å². The number of anilines is 3. The molecular weight excluding hydrogens is 649 g/mol. The molecule has 0 saturated heterocycles. The maximum atomic E-state index is 6.51. The highest BCUT2D eigenvalue weighted by atomic mass is 16.3. The van der Waals surface area contributed by atoms with E-state index in [-0.39, 0.29) is 0 Å². The normalized spacial score (nSPS) is 11.9. The Morgan fingerprint density at radius 1 is 0.528 bits per heavy atom. The fourth-order valence-electron chi connectivity index (χ4n) is 7.90. The minimum Gasteiger partial charge on any atom is -0.456 e. The number of hydrogen-bond acceptors (Lipinski definition) is 3. The molecule has 0 aliphatic heterocycles. The first kappa shape index (κ1) is 30.8.